The van der Waals surface area contributed by atoms with Gasteiger partial charge in [0, 0.05) is 6.54 Å². The van der Waals surface area contributed by atoms with E-state index in [-0.39, 0.29) is 37.0 Å². The zero-order chi connectivity index (χ0) is 26.1. The predicted molar refractivity (Wildman–Crippen MR) is 135 cm³/mol. The van der Waals surface area contributed by atoms with Crippen LogP contribution in [0.25, 0.3) is 0 Å². The van der Waals surface area contributed by atoms with E-state index in [4.69, 9.17) is 4.74 Å². The summed E-state index contributed by atoms with van der Waals surface area (Å²) in [4.78, 5) is 51.7. The summed E-state index contributed by atoms with van der Waals surface area (Å²) in [5.41, 5.74) is 2.45. The second kappa shape index (κ2) is 12.7. The van der Waals surface area contributed by atoms with Crippen LogP contribution in [-0.2, 0) is 20.8 Å². The molecule has 0 aromatic heterocycles. The zero-order valence-electron chi connectivity index (χ0n) is 20.9. The maximum Gasteiger partial charge on any atom is 0.255 e. The number of fused-ring (bicyclic) bond motifs is 1. The maximum atomic E-state index is 13.1. The molecule has 0 fully saturated rings. The number of hydrogen-bond donors (Lipinski definition) is 4. The monoisotopic (exact) mass is 494 g/mol. The first-order valence-electron chi connectivity index (χ1n) is 12.2. The van der Waals surface area contributed by atoms with Crippen molar-refractivity contribution in [2.75, 3.05) is 19.7 Å². The molecule has 4 amide bonds. The van der Waals surface area contributed by atoms with E-state index in [9.17, 15) is 19.2 Å². The van der Waals surface area contributed by atoms with Crippen molar-refractivity contribution in [3.63, 3.8) is 0 Å². The summed E-state index contributed by atoms with van der Waals surface area (Å²) in [7, 11) is 0. The molecule has 0 spiro atoms. The van der Waals surface area contributed by atoms with Crippen LogP contribution in [0, 0.1) is 12.8 Å². The van der Waals surface area contributed by atoms with Gasteiger partial charge in [-0.3, -0.25) is 19.2 Å². The molecule has 9 heteroatoms. The third-order valence-electron chi connectivity index (χ3n) is 6.02. The fraction of sp³-hybridized carbons (Fsp3) is 0.407. The van der Waals surface area contributed by atoms with Crippen LogP contribution in [0.3, 0.4) is 0 Å². The van der Waals surface area contributed by atoms with E-state index < -0.39 is 29.8 Å². The third-order valence-corrected chi connectivity index (χ3v) is 6.02. The minimum Gasteiger partial charge on any atom is -0.491 e. The van der Waals surface area contributed by atoms with Gasteiger partial charge >= 0.3 is 0 Å². The lowest BCUT2D eigenvalue weighted by Crippen LogP contribution is -2.54. The first kappa shape index (κ1) is 26.7. The van der Waals surface area contributed by atoms with E-state index in [0.717, 1.165) is 11.1 Å². The largest absolute Gasteiger partial charge is 0.491 e. The van der Waals surface area contributed by atoms with Gasteiger partial charge in [0.25, 0.3) is 5.91 Å². The molecule has 0 aliphatic carbocycles. The number of hydrogen-bond acceptors (Lipinski definition) is 5. The number of carbonyl (C=O) groups excluding carboxylic acids is 4. The second-order valence-electron chi connectivity index (χ2n) is 9.12. The van der Waals surface area contributed by atoms with Crippen LogP contribution in [0.4, 0.5) is 0 Å². The first-order chi connectivity index (χ1) is 17.3. The van der Waals surface area contributed by atoms with Crippen LogP contribution in [0.2, 0.25) is 0 Å². The van der Waals surface area contributed by atoms with Crippen molar-refractivity contribution in [2.45, 2.75) is 45.7 Å². The quantitative estimate of drug-likeness (QED) is 0.501. The van der Waals surface area contributed by atoms with Crippen molar-refractivity contribution >= 4 is 23.6 Å². The van der Waals surface area contributed by atoms with E-state index in [1.54, 1.807) is 24.3 Å². The first-order valence-corrected chi connectivity index (χ1v) is 12.2. The molecule has 9 nitrogen and oxygen atoms in total. The Morgan fingerprint density at radius 3 is 2.53 bits per heavy atom. The number of carbonyl (C=O) groups is 4. The smallest absolute Gasteiger partial charge is 0.255 e. The highest BCUT2D eigenvalue weighted by Crippen LogP contribution is 2.18. The molecule has 3 rings (SSSR count). The molecule has 0 saturated heterocycles. The van der Waals surface area contributed by atoms with Gasteiger partial charge in [-0.25, -0.2) is 0 Å². The Bertz CT molecular complexity index is 1100. The van der Waals surface area contributed by atoms with Gasteiger partial charge in [0.2, 0.25) is 17.7 Å². The molecule has 1 aliphatic rings. The van der Waals surface area contributed by atoms with E-state index in [1.807, 2.05) is 45.0 Å². The Morgan fingerprint density at radius 2 is 1.78 bits per heavy atom. The Morgan fingerprint density at radius 1 is 1.06 bits per heavy atom. The Balaban J connectivity index is 1.80. The number of benzene rings is 2. The molecule has 0 radical (unpaired) electrons. The van der Waals surface area contributed by atoms with Gasteiger partial charge in [0.15, 0.2) is 0 Å². The van der Waals surface area contributed by atoms with Crippen molar-refractivity contribution in [3.05, 3.63) is 65.2 Å². The van der Waals surface area contributed by atoms with E-state index in [2.05, 4.69) is 21.3 Å². The minimum atomic E-state index is -1.14. The van der Waals surface area contributed by atoms with Crippen molar-refractivity contribution in [1.82, 2.24) is 21.3 Å². The van der Waals surface area contributed by atoms with Crippen LogP contribution in [-0.4, -0.2) is 55.4 Å². The summed E-state index contributed by atoms with van der Waals surface area (Å²) in [5, 5.41) is 11.0. The van der Waals surface area contributed by atoms with Crippen molar-refractivity contribution in [1.29, 1.82) is 0 Å². The average molecular weight is 495 g/mol. The molecule has 36 heavy (non-hydrogen) atoms. The lowest BCUT2D eigenvalue weighted by Gasteiger charge is -2.24. The van der Waals surface area contributed by atoms with Gasteiger partial charge in [-0.05, 0) is 42.5 Å². The molecule has 0 saturated carbocycles. The predicted octanol–water partition coefficient (Wildman–Crippen LogP) is 1.49. The molecular weight excluding hydrogens is 460 g/mol. The van der Waals surface area contributed by atoms with E-state index in [1.165, 1.54) is 0 Å². The summed E-state index contributed by atoms with van der Waals surface area (Å²) in [6.45, 7) is 6.32. The minimum absolute atomic E-state index is 0.137. The van der Waals surface area contributed by atoms with Gasteiger partial charge in [-0.1, -0.05) is 50.2 Å². The topological polar surface area (TPSA) is 126 Å². The maximum absolute atomic E-state index is 13.1. The Hall–Kier alpha value is -3.88. The van der Waals surface area contributed by atoms with Crippen LogP contribution >= 0.6 is 0 Å². The lowest BCUT2D eigenvalue weighted by molar-refractivity contribution is -0.131. The highest BCUT2D eigenvalue weighted by Gasteiger charge is 2.29. The van der Waals surface area contributed by atoms with Gasteiger partial charge in [-0.2, -0.15) is 0 Å². The number of rotatable bonds is 5. The van der Waals surface area contributed by atoms with Crippen LogP contribution in [0.15, 0.2) is 48.5 Å². The Kier molecular flexibility index (Phi) is 9.44. The number of para-hydroxylation sites is 1. The number of nitrogens with one attached hydrogen (secondary N) is 4. The summed E-state index contributed by atoms with van der Waals surface area (Å²) in [6, 6.07) is 12.6. The van der Waals surface area contributed by atoms with Crippen molar-refractivity contribution in [3.8, 4) is 5.75 Å². The van der Waals surface area contributed by atoms with Crippen LogP contribution in [0.1, 0.15) is 41.8 Å². The number of aryl methyl sites for hydroxylation is 1. The van der Waals surface area contributed by atoms with Crippen molar-refractivity contribution < 1.29 is 23.9 Å². The molecule has 1 aliphatic heterocycles. The molecular formula is C27H34N4O5. The van der Waals surface area contributed by atoms with Gasteiger partial charge in [0.05, 0.1) is 18.5 Å². The average Bonchev–Trinajstić information content (AvgIpc) is 2.85. The molecule has 2 atom stereocenters. The molecule has 2 aromatic carbocycles. The fourth-order valence-electron chi connectivity index (χ4n) is 3.96. The normalized spacial score (nSPS) is 19.2. The van der Waals surface area contributed by atoms with E-state index >= 15 is 0 Å². The summed E-state index contributed by atoms with van der Waals surface area (Å²) < 4.78 is 5.73. The standard InChI is InChI=1S/C27H34N4O5/c1-17(2)24-27(35)29-14-15-36-22-11-7-6-10-20(22)25(33)30-21(16-23(32)31-24)26(34)28-13-12-19-9-5-4-8-18(19)3/h4-11,17,21,24H,12-16H2,1-3H3,(H,28,34)(H,29,35)(H,30,33)(H,31,32)/t21-,24-/m0/s1. The second-order valence-corrected chi connectivity index (χ2v) is 9.12. The molecule has 1 heterocycles. The summed E-state index contributed by atoms with van der Waals surface area (Å²) >= 11 is 0. The summed E-state index contributed by atoms with van der Waals surface area (Å²) in [5.74, 6) is -1.72. The highest BCUT2D eigenvalue weighted by molar-refractivity contribution is 6.01. The van der Waals surface area contributed by atoms with Gasteiger partial charge < -0.3 is 26.0 Å². The Labute approximate surface area is 211 Å². The van der Waals surface area contributed by atoms with Gasteiger partial charge in [-0.15, -0.1) is 0 Å². The molecule has 0 bridgehead atoms. The van der Waals surface area contributed by atoms with Crippen LogP contribution in [0.5, 0.6) is 5.75 Å². The molecule has 2 aromatic rings. The van der Waals surface area contributed by atoms with Crippen LogP contribution < -0.4 is 26.0 Å². The molecule has 4 N–H and O–H groups in total. The zero-order valence-corrected chi connectivity index (χ0v) is 20.9. The number of ether oxygens (including phenoxy) is 1. The van der Waals surface area contributed by atoms with E-state index in [0.29, 0.717) is 18.7 Å². The number of amides is 4. The summed E-state index contributed by atoms with van der Waals surface area (Å²) in [6.07, 6.45) is 0.291. The van der Waals surface area contributed by atoms with Gasteiger partial charge in [0.1, 0.15) is 24.4 Å². The molecule has 0 unspecified atom stereocenters. The van der Waals surface area contributed by atoms with Crippen molar-refractivity contribution in [2.24, 2.45) is 5.92 Å². The highest BCUT2D eigenvalue weighted by atomic mass is 16.5. The molecule has 192 valence electrons. The lowest BCUT2D eigenvalue weighted by atomic mass is 10.0. The fourth-order valence-corrected chi connectivity index (χ4v) is 3.96. The third kappa shape index (κ3) is 7.31. The SMILES string of the molecule is Cc1ccccc1CCNC(=O)[C@@H]1CC(=O)N[C@@H](C(C)C)C(=O)NCCOc2ccccc2C(=O)N1.